The van der Waals surface area contributed by atoms with Crippen LogP contribution in [0, 0.1) is 0 Å². The van der Waals surface area contributed by atoms with Crippen LogP contribution in [-0.4, -0.2) is 26.2 Å². The van der Waals surface area contributed by atoms with Crippen LogP contribution in [0.2, 0.25) is 5.02 Å². The number of pyridine rings is 1. The lowest BCUT2D eigenvalue weighted by Crippen LogP contribution is -2.22. The number of carbonyl (C=O) groups is 1. The van der Waals surface area contributed by atoms with Crippen LogP contribution >= 0.6 is 34.7 Å². The van der Waals surface area contributed by atoms with Crippen LogP contribution in [0.4, 0.5) is 19.0 Å². The molecule has 0 atom stereocenters. The minimum Gasteiger partial charge on any atom is -0.309 e. The van der Waals surface area contributed by atoms with Crippen molar-refractivity contribution in [2.45, 2.75) is 37.0 Å². The number of amides is 1. The second-order valence-electron chi connectivity index (χ2n) is 7.04. The van der Waals surface area contributed by atoms with Crippen LogP contribution < -0.4 is 10.9 Å². The van der Waals surface area contributed by atoms with Gasteiger partial charge in [-0.1, -0.05) is 23.4 Å². The number of nitrogens with zero attached hydrogens (tertiary/aromatic N) is 3. The molecule has 1 N–H and O–H groups in total. The fourth-order valence-corrected chi connectivity index (χ4v) is 5.67. The lowest BCUT2D eigenvalue weighted by Gasteiger charge is -2.11. The number of aromatic nitrogens is 3. The Morgan fingerprint density at radius 2 is 2.10 bits per heavy atom. The van der Waals surface area contributed by atoms with Gasteiger partial charge in [0.1, 0.15) is 4.83 Å². The Morgan fingerprint density at radius 3 is 2.81 bits per heavy atom. The summed E-state index contributed by atoms with van der Waals surface area (Å²) in [7, 11) is 1.61. The number of carbonyl (C=O) groups excluding carboxylic acids is 1. The van der Waals surface area contributed by atoms with Crippen LogP contribution in [0.1, 0.15) is 28.8 Å². The van der Waals surface area contributed by atoms with Crippen LogP contribution in [0.25, 0.3) is 10.2 Å². The molecule has 0 fully saturated rings. The fraction of sp³-hybridized carbons (Fsp3) is 0.368. The summed E-state index contributed by atoms with van der Waals surface area (Å²) in [4.78, 5) is 35.2. The van der Waals surface area contributed by atoms with E-state index in [-0.39, 0.29) is 22.2 Å². The zero-order valence-electron chi connectivity index (χ0n) is 16.2. The highest BCUT2D eigenvalue weighted by Gasteiger charge is 2.31. The van der Waals surface area contributed by atoms with Crippen LogP contribution in [0.5, 0.6) is 0 Å². The van der Waals surface area contributed by atoms with Gasteiger partial charge in [0.25, 0.3) is 5.56 Å². The number of aryl methyl sites for hydroxylation is 2. The number of alkyl halides is 3. The number of rotatable bonds is 4. The number of anilines is 1. The van der Waals surface area contributed by atoms with E-state index in [1.807, 2.05) is 0 Å². The molecule has 1 amide bonds. The maximum atomic E-state index is 12.9. The molecule has 0 unspecified atom stereocenters. The molecular weight excluding hydrogens is 473 g/mol. The van der Waals surface area contributed by atoms with Gasteiger partial charge in [0.15, 0.2) is 11.0 Å². The molecule has 0 aromatic carbocycles. The Labute approximate surface area is 187 Å². The second kappa shape index (κ2) is 8.44. The molecule has 1 aliphatic rings. The van der Waals surface area contributed by atoms with Crippen molar-refractivity contribution >= 4 is 56.6 Å². The van der Waals surface area contributed by atoms with Crippen molar-refractivity contribution in [1.82, 2.24) is 14.5 Å². The van der Waals surface area contributed by atoms with Gasteiger partial charge < -0.3 is 5.32 Å². The van der Waals surface area contributed by atoms with Crippen molar-refractivity contribution in [1.29, 1.82) is 0 Å². The molecular formula is C19H16ClF3N4O2S2. The van der Waals surface area contributed by atoms with Crippen molar-refractivity contribution in [3.63, 3.8) is 0 Å². The largest absolute Gasteiger partial charge is 0.417 e. The van der Waals surface area contributed by atoms with Crippen LogP contribution in [-0.2, 0) is 30.9 Å². The first-order chi connectivity index (χ1) is 14.6. The monoisotopic (exact) mass is 488 g/mol. The summed E-state index contributed by atoms with van der Waals surface area (Å²) in [6, 6.07) is 0.703. The lowest BCUT2D eigenvalue weighted by atomic mass is 9.97. The number of thioether (sulfide) groups is 1. The molecule has 31 heavy (non-hydrogen) atoms. The number of hydrogen-bond acceptors (Lipinski definition) is 6. The smallest absolute Gasteiger partial charge is 0.309 e. The van der Waals surface area contributed by atoms with E-state index in [0.717, 1.165) is 43.0 Å². The van der Waals surface area contributed by atoms with Crippen molar-refractivity contribution in [3.8, 4) is 0 Å². The maximum Gasteiger partial charge on any atom is 0.417 e. The van der Waals surface area contributed by atoms with Gasteiger partial charge in [-0.3, -0.25) is 14.2 Å². The molecule has 6 nitrogen and oxygen atoms in total. The van der Waals surface area contributed by atoms with Crippen molar-refractivity contribution in [2.24, 2.45) is 7.05 Å². The lowest BCUT2D eigenvalue weighted by molar-refractivity contribution is -0.137. The molecule has 0 saturated carbocycles. The molecule has 0 bridgehead atoms. The predicted octanol–water partition coefficient (Wildman–Crippen LogP) is 4.67. The van der Waals surface area contributed by atoms with Gasteiger partial charge in [0, 0.05) is 18.1 Å². The topological polar surface area (TPSA) is 76.9 Å². The fourth-order valence-electron chi connectivity index (χ4n) is 3.38. The molecule has 3 aromatic heterocycles. The van der Waals surface area contributed by atoms with Gasteiger partial charge in [0.05, 0.1) is 21.7 Å². The van der Waals surface area contributed by atoms with Crippen LogP contribution in [0.15, 0.2) is 22.2 Å². The third-order valence-corrected chi connectivity index (χ3v) is 7.42. The van der Waals surface area contributed by atoms with E-state index in [1.54, 1.807) is 7.05 Å². The van der Waals surface area contributed by atoms with E-state index in [1.165, 1.54) is 20.8 Å². The van der Waals surface area contributed by atoms with E-state index in [2.05, 4.69) is 15.3 Å². The third kappa shape index (κ3) is 4.44. The van der Waals surface area contributed by atoms with Crippen molar-refractivity contribution < 1.29 is 18.0 Å². The third-order valence-electron chi connectivity index (χ3n) is 4.91. The molecule has 3 aromatic rings. The maximum absolute atomic E-state index is 12.9. The Morgan fingerprint density at radius 1 is 1.35 bits per heavy atom. The number of hydrogen-bond donors (Lipinski definition) is 1. The van der Waals surface area contributed by atoms with E-state index < -0.39 is 17.6 Å². The van der Waals surface area contributed by atoms with Gasteiger partial charge in [-0.05, 0) is 37.3 Å². The molecule has 3 heterocycles. The van der Waals surface area contributed by atoms with Gasteiger partial charge in [-0.15, -0.1) is 11.3 Å². The molecule has 164 valence electrons. The predicted molar refractivity (Wildman–Crippen MR) is 115 cm³/mol. The van der Waals surface area contributed by atoms with Crippen molar-refractivity contribution in [2.75, 3.05) is 11.1 Å². The Hall–Kier alpha value is -2.11. The van der Waals surface area contributed by atoms with Crippen LogP contribution in [0.3, 0.4) is 0 Å². The average molecular weight is 489 g/mol. The zero-order valence-corrected chi connectivity index (χ0v) is 18.6. The summed E-state index contributed by atoms with van der Waals surface area (Å²) in [6.07, 6.45) is 0.00647. The SMILES string of the molecule is Cn1c(SCC(=O)Nc2ncc(C(F)(F)F)cc2Cl)nc2sc3c(c2c1=O)CCCC3. The minimum absolute atomic E-state index is 0.115. The standard InChI is InChI=1S/C19H16ClF3N4O2S2/c1-27-17(29)14-10-4-2-3-5-12(10)31-16(14)26-18(27)30-8-13(28)25-15-11(20)6-9(7-24-15)19(21,22)23/h6-7H,2-5,8H2,1H3,(H,24,25,28). The Bertz CT molecular complexity index is 1240. The highest BCUT2D eigenvalue weighted by Crippen LogP contribution is 2.35. The van der Waals surface area contributed by atoms with Gasteiger partial charge in [0.2, 0.25) is 5.91 Å². The van der Waals surface area contributed by atoms with E-state index in [4.69, 9.17) is 11.6 Å². The highest BCUT2D eigenvalue weighted by molar-refractivity contribution is 7.99. The average Bonchev–Trinajstić information content (AvgIpc) is 3.08. The van der Waals surface area contributed by atoms with E-state index in [0.29, 0.717) is 27.6 Å². The first-order valence-corrected chi connectivity index (χ1v) is 11.5. The normalized spacial score (nSPS) is 14.0. The summed E-state index contributed by atoms with van der Waals surface area (Å²) in [5, 5.41) is 3.12. The molecule has 0 aliphatic heterocycles. The van der Waals surface area contributed by atoms with Crippen molar-refractivity contribution in [3.05, 3.63) is 43.6 Å². The quantitative estimate of drug-likeness (QED) is 0.426. The molecule has 1 aliphatic carbocycles. The Balaban J connectivity index is 1.50. The second-order valence-corrected chi connectivity index (χ2v) is 9.47. The summed E-state index contributed by atoms with van der Waals surface area (Å²) < 4.78 is 39.5. The molecule has 0 radical (unpaired) electrons. The summed E-state index contributed by atoms with van der Waals surface area (Å²) in [6.45, 7) is 0. The summed E-state index contributed by atoms with van der Waals surface area (Å²) >= 11 is 8.40. The zero-order chi connectivity index (χ0) is 22.3. The van der Waals surface area contributed by atoms with E-state index in [9.17, 15) is 22.8 Å². The highest BCUT2D eigenvalue weighted by atomic mass is 35.5. The number of nitrogens with one attached hydrogen (secondary N) is 1. The number of fused-ring (bicyclic) bond motifs is 3. The first-order valence-electron chi connectivity index (χ1n) is 9.32. The number of halogens is 4. The summed E-state index contributed by atoms with van der Waals surface area (Å²) in [5.41, 5.74) is -0.0487. The molecule has 0 spiro atoms. The number of thiophene rings is 1. The van der Waals surface area contributed by atoms with Gasteiger partial charge >= 0.3 is 6.18 Å². The Kier molecular flexibility index (Phi) is 6.01. The summed E-state index contributed by atoms with van der Waals surface area (Å²) in [5.74, 6) is -0.807. The molecule has 0 saturated heterocycles. The van der Waals surface area contributed by atoms with E-state index >= 15 is 0 Å². The minimum atomic E-state index is -4.58. The molecule has 4 rings (SSSR count). The van der Waals surface area contributed by atoms with Gasteiger partial charge in [-0.25, -0.2) is 9.97 Å². The molecule has 12 heteroatoms. The first kappa shape index (κ1) is 22.1. The van der Waals surface area contributed by atoms with Gasteiger partial charge in [-0.2, -0.15) is 13.2 Å².